The van der Waals surface area contributed by atoms with Crippen LogP contribution in [0.5, 0.6) is 11.5 Å². The number of ether oxygens (including phenoxy) is 1. The van der Waals surface area contributed by atoms with Crippen molar-refractivity contribution in [2.45, 2.75) is 5.41 Å². The summed E-state index contributed by atoms with van der Waals surface area (Å²) in [5.74, 6) is 1.78. The van der Waals surface area contributed by atoms with Gasteiger partial charge in [0.1, 0.15) is 11.5 Å². The molecule has 0 radical (unpaired) electrons. The second-order valence-corrected chi connectivity index (χ2v) is 17.6. The van der Waals surface area contributed by atoms with Crippen LogP contribution in [0, 0.1) is 0 Å². The number of fused-ring (bicyclic) bond motifs is 18. The summed E-state index contributed by atoms with van der Waals surface area (Å²) in [6, 6.07) is 82.3. The monoisotopic (exact) mass is 827 g/mol. The molecule has 2 aliphatic rings. The standard InChI is InChI=1S/C61H37N3O/c1-2-15-38(16-3-1)39-29-31-40(32-30-39)62-51-24-9-4-17-42(51)44-34-33-41(37-56(44)62)63-53-26-11-6-19-46(53)58-55(63)36-35-50-60(58)65-57-28-13-8-22-48(57)61(50)47-21-7-12-27-54(47)64-52-25-10-5-18-43(52)45-20-14-23-49(61)59(45)64/h1-37H. The Morgan fingerprint density at radius 2 is 0.892 bits per heavy atom. The van der Waals surface area contributed by atoms with E-state index >= 15 is 0 Å². The maximum atomic E-state index is 7.34. The number of nitrogens with zero attached hydrogens (tertiary/aromatic N) is 3. The molecule has 3 aromatic heterocycles. The van der Waals surface area contributed by atoms with E-state index < -0.39 is 5.41 Å². The molecule has 15 rings (SSSR count). The molecule has 1 unspecified atom stereocenters. The SMILES string of the molecule is c1ccc(-c2ccc(-n3c4ccccc4c4ccc(-n5c6ccccc6c6c7c(ccc65)C5(c6ccccc6O7)c6ccccc6-n6c7ccccc7c7cccc5c76)cc43)cc2)cc1. The van der Waals surface area contributed by atoms with Gasteiger partial charge >= 0.3 is 0 Å². The molecular weight excluding hydrogens is 791 g/mol. The van der Waals surface area contributed by atoms with Gasteiger partial charge in [-0.05, 0) is 82.9 Å². The highest BCUT2D eigenvalue weighted by Gasteiger charge is 2.51. The van der Waals surface area contributed by atoms with Gasteiger partial charge in [-0.1, -0.05) is 164 Å². The Bertz CT molecular complexity index is 4150. The van der Waals surface area contributed by atoms with E-state index in [1.54, 1.807) is 0 Å². The van der Waals surface area contributed by atoms with Crippen molar-refractivity contribution in [3.05, 3.63) is 247 Å². The fourth-order valence-corrected chi connectivity index (χ4v) is 11.9. The van der Waals surface area contributed by atoms with Crippen LogP contribution in [0.15, 0.2) is 224 Å². The normalized spacial score (nSPS) is 15.0. The van der Waals surface area contributed by atoms with E-state index in [1.807, 2.05) is 0 Å². The van der Waals surface area contributed by atoms with Crippen LogP contribution in [0.1, 0.15) is 22.3 Å². The number of rotatable bonds is 3. The molecule has 4 nitrogen and oxygen atoms in total. The molecule has 5 heterocycles. The minimum atomic E-state index is -0.655. The fourth-order valence-electron chi connectivity index (χ4n) is 11.9. The van der Waals surface area contributed by atoms with E-state index in [4.69, 9.17) is 4.74 Å². The van der Waals surface area contributed by atoms with Gasteiger partial charge < -0.3 is 18.4 Å². The lowest BCUT2D eigenvalue weighted by molar-refractivity contribution is 0.439. The zero-order chi connectivity index (χ0) is 42.4. The molecule has 1 atom stereocenters. The maximum Gasteiger partial charge on any atom is 0.142 e. The van der Waals surface area contributed by atoms with E-state index in [0.29, 0.717) is 0 Å². The lowest BCUT2D eigenvalue weighted by atomic mass is 9.61. The van der Waals surface area contributed by atoms with Crippen LogP contribution in [0.25, 0.3) is 93.6 Å². The predicted octanol–water partition coefficient (Wildman–Crippen LogP) is 15.4. The van der Waals surface area contributed by atoms with Gasteiger partial charge in [-0.2, -0.15) is 0 Å². The highest BCUT2D eigenvalue weighted by atomic mass is 16.5. The van der Waals surface area contributed by atoms with E-state index in [1.165, 1.54) is 66.0 Å². The lowest BCUT2D eigenvalue weighted by Crippen LogP contribution is -2.37. The van der Waals surface area contributed by atoms with Crippen molar-refractivity contribution in [1.29, 1.82) is 0 Å². The van der Waals surface area contributed by atoms with Gasteiger partial charge in [0.15, 0.2) is 0 Å². The molecule has 0 aliphatic carbocycles. The third-order valence-electron chi connectivity index (χ3n) is 14.5. The average molecular weight is 828 g/mol. The first-order chi connectivity index (χ1) is 32.3. The molecule has 10 aromatic carbocycles. The van der Waals surface area contributed by atoms with Gasteiger partial charge in [-0.25, -0.2) is 0 Å². The van der Waals surface area contributed by atoms with Crippen molar-refractivity contribution >= 4 is 65.4 Å². The van der Waals surface area contributed by atoms with E-state index in [2.05, 4.69) is 238 Å². The van der Waals surface area contributed by atoms with Crippen LogP contribution in [-0.2, 0) is 5.41 Å². The van der Waals surface area contributed by atoms with Gasteiger partial charge in [0, 0.05) is 49.4 Å². The topological polar surface area (TPSA) is 24.0 Å². The number of hydrogen-bond acceptors (Lipinski definition) is 1. The molecule has 1 spiro atoms. The Labute approximate surface area is 374 Å². The molecule has 0 saturated carbocycles. The maximum absolute atomic E-state index is 7.34. The summed E-state index contributed by atoms with van der Waals surface area (Å²) < 4.78 is 14.7. The van der Waals surface area contributed by atoms with Crippen LogP contribution in [0.2, 0.25) is 0 Å². The minimum Gasteiger partial charge on any atom is -0.456 e. The summed E-state index contributed by atoms with van der Waals surface area (Å²) in [6.45, 7) is 0. The van der Waals surface area contributed by atoms with Crippen molar-refractivity contribution in [1.82, 2.24) is 13.7 Å². The van der Waals surface area contributed by atoms with Gasteiger partial charge in [0.05, 0.1) is 49.6 Å². The summed E-state index contributed by atoms with van der Waals surface area (Å²) in [6.07, 6.45) is 0. The zero-order valence-electron chi connectivity index (χ0n) is 35.1. The van der Waals surface area contributed by atoms with Crippen LogP contribution in [0.4, 0.5) is 0 Å². The Balaban J connectivity index is 1.01. The second-order valence-electron chi connectivity index (χ2n) is 17.6. The van der Waals surface area contributed by atoms with Crippen molar-refractivity contribution in [2.75, 3.05) is 0 Å². The molecule has 0 bridgehead atoms. The number of hydrogen-bond donors (Lipinski definition) is 0. The largest absolute Gasteiger partial charge is 0.456 e. The van der Waals surface area contributed by atoms with Gasteiger partial charge in [0.2, 0.25) is 0 Å². The molecule has 302 valence electrons. The minimum absolute atomic E-state index is 0.655. The Hall–Kier alpha value is -8.60. The highest BCUT2D eigenvalue weighted by molar-refractivity contribution is 6.16. The molecule has 0 amide bonds. The van der Waals surface area contributed by atoms with Crippen LogP contribution in [-0.4, -0.2) is 13.7 Å². The van der Waals surface area contributed by atoms with E-state index in [-0.39, 0.29) is 0 Å². The quantitative estimate of drug-likeness (QED) is 0.174. The van der Waals surface area contributed by atoms with E-state index in [0.717, 1.165) is 61.3 Å². The summed E-state index contributed by atoms with van der Waals surface area (Å²) in [7, 11) is 0. The van der Waals surface area contributed by atoms with Crippen LogP contribution in [0.3, 0.4) is 0 Å². The molecule has 2 aliphatic heterocycles. The Morgan fingerprint density at radius 1 is 0.323 bits per heavy atom. The van der Waals surface area contributed by atoms with Crippen LogP contribution >= 0.6 is 0 Å². The lowest BCUT2D eigenvalue weighted by Gasteiger charge is -2.45. The molecule has 4 heteroatoms. The Kier molecular flexibility index (Phi) is 6.85. The summed E-state index contributed by atoms with van der Waals surface area (Å²) in [5, 5.41) is 7.24. The molecular formula is C61H37N3O. The first-order valence-electron chi connectivity index (χ1n) is 22.4. The molecule has 65 heavy (non-hydrogen) atoms. The predicted molar refractivity (Wildman–Crippen MR) is 267 cm³/mol. The zero-order valence-corrected chi connectivity index (χ0v) is 35.1. The van der Waals surface area contributed by atoms with Crippen LogP contribution < -0.4 is 4.74 Å². The van der Waals surface area contributed by atoms with Gasteiger partial charge in [0.25, 0.3) is 0 Å². The first-order valence-corrected chi connectivity index (χ1v) is 22.4. The number of aromatic nitrogens is 3. The van der Waals surface area contributed by atoms with Crippen molar-refractivity contribution < 1.29 is 4.74 Å². The first kappa shape index (κ1) is 34.9. The molecule has 0 saturated heterocycles. The van der Waals surface area contributed by atoms with Gasteiger partial charge in [-0.15, -0.1) is 0 Å². The molecule has 13 aromatic rings. The van der Waals surface area contributed by atoms with Crippen molar-refractivity contribution in [3.8, 4) is 39.7 Å². The average Bonchev–Trinajstić information content (AvgIpc) is 4.02. The number of para-hydroxylation sites is 6. The molecule has 0 N–H and O–H groups in total. The fraction of sp³-hybridized carbons (Fsp3) is 0.0164. The van der Waals surface area contributed by atoms with Gasteiger partial charge in [-0.3, -0.25) is 0 Å². The van der Waals surface area contributed by atoms with Crippen molar-refractivity contribution in [3.63, 3.8) is 0 Å². The Morgan fingerprint density at radius 3 is 1.71 bits per heavy atom. The summed E-state index contributed by atoms with van der Waals surface area (Å²) >= 11 is 0. The smallest absolute Gasteiger partial charge is 0.142 e. The van der Waals surface area contributed by atoms with Crippen molar-refractivity contribution in [2.24, 2.45) is 0 Å². The second kappa shape index (κ2) is 12.7. The summed E-state index contributed by atoms with van der Waals surface area (Å²) in [5.41, 5.74) is 17.0. The third kappa shape index (κ3) is 4.45. The van der Waals surface area contributed by atoms with E-state index in [9.17, 15) is 0 Å². The molecule has 0 fully saturated rings. The summed E-state index contributed by atoms with van der Waals surface area (Å²) in [4.78, 5) is 0. The highest BCUT2D eigenvalue weighted by Crippen LogP contribution is 2.62. The number of benzene rings is 10. The third-order valence-corrected chi connectivity index (χ3v) is 14.5.